The molecule has 4 nitrogen and oxygen atoms in total. The summed E-state index contributed by atoms with van der Waals surface area (Å²) >= 11 is 0. The summed E-state index contributed by atoms with van der Waals surface area (Å²) in [5.74, 6) is -0.668. The van der Waals surface area contributed by atoms with Gasteiger partial charge in [-0.2, -0.15) is 0 Å². The molecule has 2 unspecified atom stereocenters. The molecule has 0 bridgehead atoms. The Balaban J connectivity index is 0.00000121. The first-order chi connectivity index (χ1) is 8.10. The third-order valence-corrected chi connectivity index (χ3v) is 3.35. The van der Waals surface area contributed by atoms with Crippen LogP contribution in [0.15, 0.2) is 0 Å². The predicted molar refractivity (Wildman–Crippen MR) is 71.3 cm³/mol. The van der Waals surface area contributed by atoms with E-state index in [9.17, 15) is 4.79 Å². The molecule has 0 amide bonds. The van der Waals surface area contributed by atoms with E-state index >= 15 is 0 Å². The van der Waals surface area contributed by atoms with Crippen molar-refractivity contribution in [3.63, 3.8) is 0 Å². The van der Waals surface area contributed by atoms with Gasteiger partial charge in [0.1, 0.15) is 6.04 Å². The molecule has 0 aromatic heterocycles. The van der Waals surface area contributed by atoms with Gasteiger partial charge >= 0.3 is 5.97 Å². The lowest BCUT2D eigenvalue weighted by Gasteiger charge is -2.44. The van der Waals surface area contributed by atoms with Gasteiger partial charge in [0, 0.05) is 19.1 Å². The van der Waals surface area contributed by atoms with Gasteiger partial charge in [0.05, 0.1) is 0 Å². The van der Waals surface area contributed by atoms with E-state index < -0.39 is 5.97 Å². The van der Waals surface area contributed by atoms with Crippen molar-refractivity contribution in [2.24, 2.45) is 0 Å². The van der Waals surface area contributed by atoms with Crippen LogP contribution in [0.1, 0.15) is 40.5 Å². The fourth-order valence-electron chi connectivity index (χ4n) is 2.07. The van der Waals surface area contributed by atoms with Gasteiger partial charge in [-0.25, -0.2) is 0 Å². The van der Waals surface area contributed by atoms with Crippen LogP contribution in [0.5, 0.6) is 0 Å². The number of rotatable bonds is 6. The number of likely N-dealkylation sites (N-methyl/N-ethyl adjacent to an activating group) is 1. The Bertz CT molecular complexity index is 221. The van der Waals surface area contributed by atoms with E-state index in [0.29, 0.717) is 6.04 Å². The van der Waals surface area contributed by atoms with Crippen molar-refractivity contribution in [3.05, 3.63) is 0 Å². The summed E-state index contributed by atoms with van der Waals surface area (Å²) in [5.41, 5.74) is 0. The number of carboxylic acids is 1. The van der Waals surface area contributed by atoms with E-state index in [1.807, 2.05) is 13.8 Å². The SMILES string of the molecule is CC.CCC(CN(C)CC)N1CCC1C(=O)O. The van der Waals surface area contributed by atoms with Crippen LogP contribution in [0.3, 0.4) is 0 Å². The van der Waals surface area contributed by atoms with Crippen molar-refractivity contribution in [1.29, 1.82) is 0 Å². The second-order valence-corrected chi connectivity index (χ2v) is 4.30. The van der Waals surface area contributed by atoms with E-state index in [1.54, 1.807) is 0 Å². The second-order valence-electron chi connectivity index (χ2n) is 4.30. The van der Waals surface area contributed by atoms with Crippen LogP contribution < -0.4 is 0 Å². The molecule has 2 atom stereocenters. The van der Waals surface area contributed by atoms with Gasteiger partial charge < -0.3 is 10.0 Å². The van der Waals surface area contributed by atoms with Gasteiger partial charge in [-0.15, -0.1) is 0 Å². The molecule has 0 aromatic rings. The molecule has 0 radical (unpaired) electrons. The fourth-order valence-corrected chi connectivity index (χ4v) is 2.07. The Labute approximate surface area is 106 Å². The molecule has 1 fully saturated rings. The highest BCUT2D eigenvalue weighted by Crippen LogP contribution is 2.22. The number of hydrogen-bond donors (Lipinski definition) is 1. The summed E-state index contributed by atoms with van der Waals surface area (Å²) in [6.45, 7) is 11.2. The predicted octanol–water partition coefficient (Wildman–Crippen LogP) is 1.90. The first-order valence-electron chi connectivity index (χ1n) is 6.77. The van der Waals surface area contributed by atoms with Gasteiger partial charge in [0.2, 0.25) is 0 Å². The molecule has 1 rings (SSSR count). The largest absolute Gasteiger partial charge is 0.480 e. The van der Waals surface area contributed by atoms with E-state index in [2.05, 4.69) is 30.7 Å². The smallest absolute Gasteiger partial charge is 0.320 e. The van der Waals surface area contributed by atoms with Crippen molar-refractivity contribution in [3.8, 4) is 0 Å². The molecular formula is C13H28N2O2. The van der Waals surface area contributed by atoms with Gasteiger partial charge in [0.25, 0.3) is 0 Å². The lowest BCUT2D eigenvalue weighted by atomic mass is 9.98. The molecule has 1 aliphatic rings. The molecule has 102 valence electrons. The van der Waals surface area contributed by atoms with Gasteiger partial charge in [0.15, 0.2) is 0 Å². The minimum atomic E-state index is -0.668. The minimum absolute atomic E-state index is 0.236. The zero-order valence-corrected chi connectivity index (χ0v) is 11.9. The first-order valence-corrected chi connectivity index (χ1v) is 6.77. The highest BCUT2D eigenvalue weighted by molar-refractivity contribution is 5.74. The van der Waals surface area contributed by atoms with Crippen molar-refractivity contribution in [2.75, 3.05) is 26.7 Å². The number of aliphatic carboxylic acids is 1. The van der Waals surface area contributed by atoms with Gasteiger partial charge in [-0.3, -0.25) is 9.69 Å². The summed E-state index contributed by atoms with van der Waals surface area (Å²) in [7, 11) is 2.08. The van der Waals surface area contributed by atoms with Crippen LogP contribution in [0.2, 0.25) is 0 Å². The summed E-state index contributed by atoms with van der Waals surface area (Å²) in [4.78, 5) is 15.3. The molecule has 1 N–H and O–H groups in total. The van der Waals surface area contributed by atoms with Crippen LogP contribution in [0.25, 0.3) is 0 Å². The standard InChI is InChI=1S/C11H22N2O2.C2H6/c1-4-9(8-12(3)5-2)13-7-6-10(13)11(14)15;1-2/h9-10H,4-8H2,1-3H3,(H,14,15);1-2H3. The molecule has 17 heavy (non-hydrogen) atoms. The molecule has 0 aliphatic carbocycles. The van der Waals surface area contributed by atoms with Crippen LogP contribution >= 0.6 is 0 Å². The average molecular weight is 244 g/mol. The topological polar surface area (TPSA) is 43.8 Å². The Morgan fingerprint density at radius 2 is 2.06 bits per heavy atom. The fraction of sp³-hybridized carbons (Fsp3) is 0.923. The molecule has 0 saturated carbocycles. The number of likely N-dealkylation sites (tertiary alicyclic amines) is 1. The first kappa shape index (κ1) is 16.4. The second kappa shape index (κ2) is 8.48. The monoisotopic (exact) mass is 244 g/mol. The summed E-state index contributed by atoms with van der Waals surface area (Å²) < 4.78 is 0. The van der Waals surface area contributed by atoms with E-state index in [1.165, 1.54) is 0 Å². The van der Waals surface area contributed by atoms with E-state index in [0.717, 1.165) is 32.5 Å². The third kappa shape index (κ3) is 4.64. The summed E-state index contributed by atoms with van der Waals surface area (Å²) in [6, 6.07) is 0.157. The Kier molecular flexibility index (Phi) is 8.17. The normalized spacial score (nSPS) is 21.4. The molecule has 1 heterocycles. The number of carboxylic acid groups (broad SMARTS) is 1. The molecule has 0 spiro atoms. The van der Waals surface area contributed by atoms with Crippen molar-refractivity contribution in [1.82, 2.24) is 9.80 Å². The highest BCUT2D eigenvalue weighted by Gasteiger charge is 2.38. The van der Waals surface area contributed by atoms with Crippen molar-refractivity contribution < 1.29 is 9.90 Å². The quantitative estimate of drug-likeness (QED) is 0.775. The van der Waals surface area contributed by atoms with Crippen LogP contribution in [0, 0.1) is 0 Å². The van der Waals surface area contributed by atoms with Crippen molar-refractivity contribution in [2.45, 2.75) is 52.6 Å². The van der Waals surface area contributed by atoms with E-state index in [-0.39, 0.29) is 6.04 Å². The zero-order chi connectivity index (χ0) is 13.4. The number of hydrogen-bond acceptors (Lipinski definition) is 3. The third-order valence-electron chi connectivity index (χ3n) is 3.35. The van der Waals surface area contributed by atoms with E-state index in [4.69, 9.17) is 5.11 Å². The highest BCUT2D eigenvalue weighted by atomic mass is 16.4. The Morgan fingerprint density at radius 1 is 1.47 bits per heavy atom. The molecular weight excluding hydrogens is 216 g/mol. The maximum Gasteiger partial charge on any atom is 0.320 e. The Hall–Kier alpha value is -0.610. The lowest BCUT2D eigenvalue weighted by Crippen LogP contribution is -2.59. The maximum absolute atomic E-state index is 10.9. The Morgan fingerprint density at radius 3 is 2.35 bits per heavy atom. The number of carbonyl (C=O) groups is 1. The molecule has 4 heteroatoms. The maximum atomic E-state index is 10.9. The lowest BCUT2D eigenvalue weighted by molar-refractivity contribution is -0.150. The molecule has 0 aromatic carbocycles. The average Bonchev–Trinajstić information content (AvgIpc) is 2.28. The zero-order valence-electron chi connectivity index (χ0n) is 11.9. The van der Waals surface area contributed by atoms with Gasteiger partial charge in [-0.1, -0.05) is 27.7 Å². The van der Waals surface area contributed by atoms with Crippen LogP contribution in [0.4, 0.5) is 0 Å². The minimum Gasteiger partial charge on any atom is -0.480 e. The van der Waals surface area contributed by atoms with Crippen LogP contribution in [-0.2, 0) is 4.79 Å². The summed E-state index contributed by atoms with van der Waals surface area (Å²) in [5, 5.41) is 8.98. The number of nitrogens with zero attached hydrogens (tertiary/aromatic N) is 2. The van der Waals surface area contributed by atoms with Crippen molar-refractivity contribution >= 4 is 5.97 Å². The molecule has 1 aliphatic heterocycles. The molecule has 1 saturated heterocycles. The van der Waals surface area contributed by atoms with Gasteiger partial charge in [-0.05, 0) is 26.4 Å². The van der Waals surface area contributed by atoms with Crippen LogP contribution in [-0.4, -0.2) is 59.6 Å². The summed E-state index contributed by atoms with van der Waals surface area (Å²) in [6.07, 6.45) is 1.83.